The molecule has 1 aliphatic heterocycles. The second-order valence-electron chi connectivity index (χ2n) is 6.92. The van der Waals surface area contributed by atoms with Crippen molar-refractivity contribution in [3.63, 3.8) is 0 Å². The summed E-state index contributed by atoms with van der Waals surface area (Å²) in [7, 11) is 0. The fourth-order valence-electron chi connectivity index (χ4n) is 3.51. The zero-order valence-electron chi connectivity index (χ0n) is 15.0. The maximum absolute atomic E-state index is 12.7. The first kappa shape index (κ1) is 17.2. The third-order valence-corrected chi connectivity index (χ3v) is 4.73. The first-order valence-electron chi connectivity index (χ1n) is 8.64. The van der Waals surface area contributed by atoms with Crippen molar-refractivity contribution in [1.82, 2.24) is 4.90 Å². The third-order valence-electron chi connectivity index (χ3n) is 4.73. The Labute approximate surface area is 148 Å². The van der Waals surface area contributed by atoms with E-state index in [2.05, 4.69) is 17.4 Å². The van der Waals surface area contributed by atoms with Gasteiger partial charge in [-0.3, -0.25) is 9.59 Å². The summed E-state index contributed by atoms with van der Waals surface area (Å²) in [5.41, 5.74) is 5.23. The number of hydrogen-bond acceptors (Lipinski definition) is 2. The van der Waals surface area contributed by atoms with E-state index in [0.717, 1.165) is 22.4 Å². The van der Waals surface area contributed by atoms with E-state index >= 15 is 0 Å². The number of amides is 2. The highest BCUT2D eigenvalue weighted by molar-refractivity contribution is 5.98. The molecule has 0 saturated carbocycles. The Morgan fingerprint density at radius 2 is 1.76 bits per heavy atom. The number of rotatable bonds is 4. The summed E-state index contributed by atoms with van der Waals surface area (Å²) in [5, 5.41) is 3.03. The SMILES string of the molecule is Cc1cc(C)c(NC(=O)[C@H]2CC(=O)N(Cc3ccccc3)C2)c(C)c1. The van der Waals surface area contributed by atoms with Crippen molar-refractivity contribution in [3.8, 4) is 0 Å². The fraction of sp³-hybridized carbons (Fsp3) is 0.333. The molecule has 0 aromatic heterocycles. The molecule has 2 amide bonds. The van der Waals surface area contributed by atoms with Crippen LogP contribution in [0.5, 0.6) is 0 Å². The van der Waals surface area contributed by atoms with Crippen molar-refractivity contribution in [3.05, 3.63) is 64.7 Å². The summed E-state index contributed by atoms with van der Waals surface area (Å²) in [6.45, 7) is 7.08. The number of benzene rings is 2. The Morgan fingerprint density at radius 1 is 1.12 bits per heavy atom. The van der Waals surface area contributed by atoms with E-state index in [-0.39, 0.29) is 24.2 Å². The molecule has 0 aliphatic carbocycles. The summed E-state index contributed by atoms with van der Waals surface area (Å²) < 4.78 is 0. The van der Waals surface area contributed by atoms with Gasteiger partial charge in [0.15, 0.2) is 0 Å². The zero-order chi connectivity index (χ0) is 18.0. The first-order chi connectivity index (χ1) is 11.9. The highest BCUT2D eigenvalue weighted by Crippen LogP contribution is 2.25. The van der Waals surface area contributed by atoms with E-state index in [1.54, 1.807) is 4.90 Å². The molecule has 1 aliphatic rings. The lowest BCUT2D eigenvalue weighted by Crippen LogP contribution is -2.28. The minimum absolute atomic E-state index is 0.0429. The van der Waals surface area contributed by atoms with Crippen LogP contribution in [0.1, 0.15) is 28.7 Å². The maximum Gasteiger partial charge on any atom is 0.229 e. The number of nitrogens with one attached hydrogen (secondary N) is 1. The van der Waals surface area contributed by atoms with Crippen molar-refractivity contribution in [2.75, 3.05) is 11.9 Å². The largest absolute Gasteiger partial charge is 0.338 e. The van der Waals surface area contributed by atoms with E-state index < -0.39 is 0 Å². The Kier molecular flexibility index (Phi) is 4.88. The van der Waals surface area contributed by atoms with E-state index in [0.29, 0.717) is 13.1 Å². The highest BCUT2D eigenvalue weighted by atomic mass is 16.2. The second kappa shape index (κ2) is 7.09. The number of nitrogens with zero attached hydrogens (tertiary/aromatic N) is 1. The van der Waals surface area contributed by atoms with Crippen LogP contribution in [0, 0.1) is 26.7 Å². The van der Waals surface area contributed by atoms with Gasteiger partial charge in [-0.2, -0.15) is 0 Å². The monoisotopic (exact) mass is 336 g/mol. The molecular weight excluding hydrogens is 312 g/mol. The van der Waals surface area contributed by atoms with Crippen LogP contribution in [-0.4, -0.2) is 23.3 Å². The fourth-order valence-corrected chi connectivity index (χ4v) is 3.51. The first-order valence-corrected chi connectivity index (χ1v) is 8.64. The molecular formula is C21H24N2O2. The van der Waals surface area contributed by atoms with Crippen LogP contribution < -0.4 is 5.32 Å². The van der Waals surface area contributed by atoms with Crippen molar-refractivity contribution in [1.29, 1.82) is 0 Å². The van der Waals surface area contributed by atoms with E-state index in [1.165, 1.54) is 5.56 Å². The van der Waals surface area contributed by atoms with Crippen LogP contribution in [0.25, 0.3) is 0 Å². The van der Waals surface area contributed by atoms with Gasteiger partial charge >= 0.3 is 0 Å². The van der Waals surface area contributed by atoms with E-state index in [9.17, 15) is 9.59 Å². The molecule has 4 heteroatoms. The van der Waals surface area contributed by atoms with Gasteiger partial charge in [0.05, 0.1) is 5.92 Å². The van der Waals surface area contributed by atoms with Crippen LogP contribution in [0.3, 0.4) is 0 Å². The average molecular weight is 336 g/mol. The topological polar surface area (TPSA) is 49.4 Å². The van der Waals surface area contributed by atoms with Gasteiger partial charge in [0.1, 0.15) is 0 Å². The number of hydrogen-bond donors (Lipinski definition) is 1. The predicted octanol–water partition coefficient (Wildman–Crippen LogP) is 3.60. The lowest BCUT2D eigenvalue weighted by Gasteiger charge is -2.18. The van der Waals surface area contributed by atoms with Crippen molar-refractivity contribution in [2.24, 2.45) is 5.92 Å². The molecule has 2 aromatic carbocycles. The molecule has 1 N–H and O–H groups in total. The summed E-state index contributed by atoms with van der Waals surface area (Å²) in [4.78, 5) is 26.7. The quantitative estimate of drug-likeness (QED) is 0.927. The second-order valence-corrected chi connectivity index (χ2v) is 6.92. The zero-order valence-corrected chi connectivity index (χ0v) is 15.0. The smallest absolute Gasteiger partial charge is 0.229 e. The molecule has 1 atom stereocenters. The summed E-state index contributed by atoms with van der Waals surface area (Å²) in [6, 6.07) is 14.0. The van der Waals surface area contributed by atoms with Crippen LogP contribution in [0.2, 0.25) is 0 Å². The molecule has 2 aromatic rings. The standard InChI is InChI=1S/C21H24N2O2/c1-14-9-15(2)20(16(3)10-14)22-21(25)18-11-19(24)23(13-18)12-17-7-5-4-6-8-17/h4-10,18H,11-13H2,1-3H3,(H,22,25)/t18-/m0/s1. The molecule has 3 rings (SSSR count). The minimum Gasteiger partial charge on any atom is -0.338 e. The molecule has 1 heterocycles. The van der Waals surface area contributed by atoms with Gasteiger partial charge in [-0.15, -0.1) is 0 Å². The lowest BCUT2D eigenvalue weighted by molar-refractivity contribution is -0.128. The number of likely N-dealkylation sites (tertiary alicyclic amines) is 1. The molecule has 0 bridgehead atoms. The van der Waals surface area contributed by atoms with Gasteiger partial charge in [0.2, 0.25) is 11.8 Å². The highest BCUT2D eigenvalue weighted by Gasteiger charge is 2.34. The number of carbonyl (C=O) groups excluding carboxylic acids is 2. The Hall–Kier alpha value is -2.62. The van der Waals surface area contributed by atoms with Gasteiger partial charge in [-0.25, -0.2) is 0 Å². The molecule has 0 radical (unpaired) electrons. The lowest BCUT2D eigenvalue weighted by atomic mass is 10.0. The van der Waals surface area contributed by atoms with Gasteiger partial charge in [-0.1, -0.05) is 48.0 Å². The summed E-state index contributed by atoms with van der Waals surface area (Å²) in [6.07, 6.45) is 0.280. The molecule has 130 valence electrons. The van der Waals surface area contributed by atoms with Crippen molar-refractivity contribution in [2.45, 2.75) is 33.7 Å². The molecule has 4 nitrogen and oxygen atoms in total. The molecule has 1 fully saturated rings. The average Bonchev–Trinajstić information content (AvgIpc) is 2.92. The molecule has 0 spiro atoms. The molecule has 1 saturated heterocycles. The molecule has 0 unspecified atom stereocenters. The Balaban J connectivity index is 1.67. The predicted molar refractivity (Wildman–Crippen MR) is 99.2 cm³/mol. The Morgan fingerprint density at radius 3 is 2.40 bits per heavy atom. The van der Waals surface area contributed by atoms with Crippen LogP contribution in [-0.2, 0) is 16.1 Å². The summed E-state index contributed by atoms with van der Waals surface area (Å²) in [5.74, 6) is -0.323. The maximum atomic E-state index is 12.7. The minimum atomic E-state index is -0.295. The normalized spacial score (nSPS) is 17.0. The van der Waals surface area contributed by atoms with Crippen LogP contribution in [0.4, 0.5) is 5.69 Å². The van der Waals surface area contributed by atoms with Gasteiger partial charge < -0.3 is 10.2 Å². The van der Waals surface area contributed by atoms with E-state index in [1.807, 2.05) is 51.1 Å². The van der Waals surface area contributed by atoms with Gasteiger partial charge in [0, 0.05) is 25.2 Å². The van der Waals surface area contributed by atoms with Crippen LogP contribution >= 0.6 is 0 Å². The third kappa shape index (κ3) is 3.90. The van der Waals surface area contributed by atoms with E-state index in [4.69, 9.17) is 0 Å². The Bertz CT molecular complexity index is 776. The number of aryl methyl sites for hydroxylation is 3. The number of carbonyl (C=O) groups is 2. The number of anilines is 1. The van der Waals surface area contributed by atoms with Crippen molar-refractivity contribution >= 4 is 17.5 Å². The van der Waals surface area contributed by atoms with Gasteiger partial charge in [-0.05, 0) is 37.5 Å². The van der Waals surface area contributed by atoms with Crippen LogP contribution in [0.15, 0.2) is 42.5 Å². The van der Waals surface area contributed by atoms with Crippen molar-refractivity contribution < 1.29 is 9.59 Å². The molecule has 25 heavy (non-hydrogen) atoms. The van der Waals surface area contributed by atoms with Gasteiger partial charge in [0.25, 0.3) is 0 Å². The summed E-state index contributed by atoms with van der Waals surface area (Å²) >= 11 is 0.